The Balaban J connectivity index is 1.24. The lowest BCUT2D eigenvalue weighted by molar-refractivity contribution is 0.487. The van der Waals surface area contributed by atoms with Crippen molar-refractivity contribution in [2.45, 2.75) is 0 Å². The number of hydrogen-bond donors (Lipinski definition) is 0. The van der Waals surface area contributed by atoms with Gasteiger partial charge in [0.1, 0.15) is 11.5 Å². The van der Waals surface area contributed by atoms with Gasteiger partial charge in [-0.3, -0.25) is 0 Å². The first-order valence-corrected chi connectivity index (χ1v) is 19.6. The molecule has 0 bridgehead atoms. The van der Waals surface area contributed by atoms with Crippen molar-refractivity contribution in [2.24, 2.45) is 0 Å². The van der Waals surface area contributed by atoms with Gasteiger partial charge in [0.2, 0.25) is 0 Å². The number of para-hydroxylation sites is 3. The average molecular weight is 726 g/mol. The normalized spacial score (nSPS) is 12.0. The zero-order chi connectivity index (χ0) is 37.7. The first-order chi connectivity index (χ1) is 28.3. The molecule has 2 heterocycles. The van der Waals surface area contributed by atoms with Crippen LogP contribution in [0.5, 0.6) is 11.5 Å². The van der Waals surface area contributed by atoms with Gasteiger partial charge in [0.15, 0.2) is 0 Å². The van der Waals surface area contributed by atoms with Crippen LogP contribution in [0.1, 0.15) is 0 Å². The highest BCUT2D eigenvalue weighted by atomic mass is 16.5. The van der Waals surface area contributed by atoms with Crippen molar-refractivity contribution in [1.29, 1.82) is 0 Å². The highest BCUT2D eigenvalue weighted by Crippen LogP contribution is 2.36. The second-order valence-electron chi connectivity index (χ2n) is 14.8. The molecule has 0 saturated heterocycles. The number of aromatic nitrogens is 1. The van der Waals surface area contributed by atoms with Crippen LogP contribution in [0.3, 0.4) is 0 Å². The molecule has 10 aromatic rings. The Hall–Kier alpha value is -7.36. The van der Waals surface area contributed by atoms with E-state index in [2.05, 4.69) is 223 Å². The van der Waals surface area contributed by atoms with E-state index in [1.54, 1.807) is 0 Å². The van der Waals surface area contributed by atoms with Gasteiger partial charge >= 0.3 is 0 Å². The number of hydrogen-bond acceptors (Lipinski definition) is 1. The molecule has 0 unspecified atom stereocenters. The Morgan fingerprint density at radius 1 is 0.333 bits per heavy atom. The molecule has 1 aliphatic heterocycles. The lowest BCUT2D eigenvalue weighted by atomic mass is 9.34. The summed E-state index contributed by atoms with van der Waals surface area (Å²) in [6, 6.07) is 78.9. The largest absolute Gasteiger partial charge is 0.458 e. The molecule has 0 spiro atoms. The Kier molecular flexibility index (Phi) is 7.96. The molecular weight excluding hydrogens is 689 g/mol. The first-order valence-electron chi connectivity index (χ1n) is 19.6. The van der Waals surface area contributed by atoms with E-state index in [0.29, 0.717) is 0 Å². The maximum Gasteiger partial charge on any atom is 0.252 e. The van der Waals surface area contributed by atoms with Crippen molar-refractivity contribution in [3.05, 3.63) is 218 Å². The van der Waals surface area contributed by atoms with Gasteiger partial charge in [0.25, 0.3) is 6.71 Å². The zero-order valence-corrected chi connectivity index (χ0v) is 31.2. The lowest BCUT2D eigenvalue weighted by Crippen LogP contribution is -2.56. The summed E-state index contributed by atoms with van der Waals surface area (Å²) in [7, 11) is 0. The summed E-state index contributed by atoms with van der Waals surface area (Å²) in [4.78, 5) is 0. The lowest BCUT2D eigenvalue weighted by Gasteiger charge is -2.30. The van der Waals surface area contributed by atoms with Crippen molar-refractivity contribution in [2.75, 3.05) is 0 Å². The Bertz CT molecular complexity index is 3060. The van der Waals surface area contributed by atoms with Crippen molar-refractivity contribution >= 4 is 66.5 Å². The van der Waals surface area contributed by atoms with Gasteiger partial charge in [-0.25, -0.2) is 0 Å². The van der Waals surface area contributed by atoms with Crippen molar-refractivity contribution in [1.82, 2.24) is 4.57 Å². The van der Waals surface area contributed by atoms with Crippen LogP contribution in [0.25, 0.3) is 71.3 Å². The number of nitrogens with zero attached hydrogens (tertiary/aromatic N) is 1. The number of ether oxygens (including phenoxy) is 1. The van der Waals surface area contributed by atoms with Crippen LogP contribution >= 0.6 is 0 Å². The molecule has 2 nitrogen and oxygen atoms in total. The molecule has 0 aliphatic carbocycles. The van der Waals surface area contributed by atoms with E-state index in [1.165, 1.54) is 60.0 Å². The molecule has 1 aliphatic rings. The van der Waals surface area contributed by atoms with E-state index in [9.17, 15) is 0 Å². The summed E-state index contributed by atoms with van der Waals surface area (Å²) in [6.45, 7) is -0.0838. The van der Waals surface area contributed by atoms with Crippen LogP contribution in [0.15, 0.2) is 218 Å². The second-order valence-corrected chi connectivity index (χ2v) is 14.8. The topological polar surface area (TPSA) is 14.2 Å². The van der Waals surface area contributed by atoms with E-state index in [4.69, 9.17) is 4.74 Å². The van der Waals surface area contributed by atoms with Gasteiger partial charge in [0.05, 0.1) is 11.0 Å². The summed E-state index contributed by atoms with van der Waals surface area (Å²) >= 11 is 0. The summed E-state index contributed by atoms with van der Waals surface area (Å²) in [5.41, 5.74) is 11.6. The molecule has 1 aromatic heterocycles. The molecule has 11 rings (SSSR count). The number of rotatable bonds is 4. The third-order valence-corrected chi connectivity index (χ3v) is 11.6. The highest BCUT2D eigenvalue weighted by molar-refractivity contribution is 6.98. The second kappa shape index (κ2) is 13.7. The monoisotopic (exact) mass is 725 g/mol. The molecule has 3 heteroatoms. The molecule has 57 heavy (non-hydrogen) atoms. The van der Waals surface area contributed by atoms with E-state index < -0.39 is 0 Å². The van der Waals surface area contributed by atoms with E-state index in [-0.39, 0.29) is 6.71 Å². The molecule has 0 saturated carbocycles. The maximum atomic E-state index is 6.99. The van der Waals surface area contributed by atoms with Crippen LogP contribution in [-0.2, 0) is 0 Å². The summed E-state index contributed by atoms with van der Waals surface area (Å²) in [5.74, 6) is 1.73. The number of fused-ring (bicyclic) bond motifs is 9. The third-order valence-electron chi connectivity index (χ3n) is 11.6. The molecule has 9 aromatic carbocycles. The quantitative estimate of drug-likeness (QED) is 0.165. The van der Waals surface area contributed by atoms with Crippen molar-refractivity contribution in [3.8, 4) is 39.4 Å². The Morgan fingerprint density at radius 3 is 1.33 bits per heavy atom. The number of benzene rings is 9. The van der Waals surface area contributed by atoms with Crippen molar-refractivity contribution < 1.29 is 4.74 Å². The van der Waals surface area contributed by atoms with Gasteiger partial charge in [-0.2, -0.15) is 0 Å². The maximum absolute atomic E-state index is 6.99. The first kappa shape index (κ1) is 33.0. The van der Waals surface area contributed by atoms with Gasteiger partial charge in [-0.05, 0) is 79.0 Å². The molecule has 0 amide bonds. The summed E-state index contributed by atoms with van der Waals surface area (Å²) in [6.07, 6.45) is 0. The summed E-state index contributed by atoms with van der Waals surface area (Å²) < 4.78 is 9.42. The fourth-order valence-electron chi connectivity index (χ4n) is 9.12. The Labute approximate surface area is 332 Å². The predicted molar refractivity (Wildman–Crippen MR) is 242 cm³/mol. The standard InChI is InChI=1S/C54H36BNO/c1-3-18-37(19-4-1)40-28-17-29-41(38-20-5-2-6-21-38)54(40)55-48-30-13-16-33-52(48)57-53-36-39(34-35-49(53)55)56-50-31-14-11-26-46(50)44-24-9-7-22-42(44)43-23-8-10-25-45(43)47-27-12-15-32-51(47)56/h1-36H. The third kappa shape index (κ3) is 5.51. The molecule has 0 fully saturated rings. The zero-order valence-electron chi connectivity index (χ0n) is 31.2. The van der Waals surface area contributed by atoms with Crippen LogP contribution < -0.4 is 21.1 Å². The smallest absolute Gasteiger partial charge is 0.252 e. The Morgan fingerprint density at radius 2 is 0.772 bits per heavy atom. The van der Waals surface area contributed by atoms with Gasteiger partial charge in [0, 0.05) is 22.5 Å². The fourth-order valence-corrected chi connectivity index (χ4v) is 9.12. The van der Waals surface area contributed by atoms with Crippen LogP contribution in [0.2, 0.25) is 0 Å². The van der Waals surface area contributed by atoms with E-state index >= 15 is 0 Å². The highest BCUT2D eigenvalue weighted by Gasteiger charge is 2.36. The minimum absolute atomic E-state index is 0.0838. The van der Waals surface area contributed by atoms with Gasteiger partial charge in [-0.15, -0.1) is 0 Å². The van der Waals surface area contributed by atoms with Crippen LogP contribution in [0.4, 0.5) is 0 Å². The average Bonchev–Trinajstić information content (AvgIpc) is 3.33. The van der Waals surface area contributed by atoms with E-state index in [1.807, 2.05) is 0 Å². The molecule has 266 valence electrons. The van der Waals surface area contributed by atoms with Crippen LogP contribution in [0, 0.1) is 0 Å². The summed E-state index contributed by atoms with van der Waals surface area (Å²) in [5, 5.41) is 7.19. The van der Waals surface area contributed by atoms with Gasteiger partial charge < -0.3 is 9.30 Å². The molecule has 0 atom stereocenters. The predicted octanol–water partition coefficient (Wildman–Crippen LogP) is 12.2. The fraction of sp³-hybridized carbons (Fsp3) is 0. The minimum Gasteiger partial charge on any atom is -0.458 e. The van der Waals surface area contributed by atoms with Gasteiger partial charge in [-0.1, -0.05) is 194 Å². The molecule has 0 N–H and O–H groups in total. The minimum atomic E-state index is -0.0838. The SMILES string of the molecule is c1ccc(-c2cccc(-c3ccccc3)c2B2c3ccccc3Oc3cc(-n4c5ccccc5c5ccccc5c5ccccc5c5ccccc54)ccc32)cc1. The molecule has 0 radical (unpaired) electrons. The van der Waals surface area contributed by atoms with E-state index in [0.717, 1.165) is 39.1 Å². The van der Waals surface area contributed by atoms with Crippen molar-refractivity contribution in [3.63, 3.8) is 0 Å². The van der Waals surface area contributed by atoms with Crippen LogP contribution in [-0.4, -0.2) is 11.3 Å². The molecular formula is C54H36BNO.